The van der Waals surface area contributed by atoms with Gasteiger partial charge in [0, 0.05) is 5.25 Å². The number of thiol groups is 1. The Hall–Kier alpha value is -1.21. The first-order valence-electron chi connectivity index (χ1n) is 5.76. The largest absolute Gasteiger partial charge is 0.171 e. The second-order valence-electron chi connectivity index (χ2n) is 3.01. The minimum Gasteiger partial charge on any atom is -0.171 e. The van der Waals surface area contributed by atoms with Crippen LogP contribution in [-0.2, 0) is 0 Å². The van der Waals surface area contributed by atoms with E-state index < -0.39 is 0 Å². The van der Waals surface area contributed by atoms with Crippen LogP contribution in [0, 0.1) is 0 Å². The van der Waals surface area contributed by atoms with Crippen molar-refractivity contribution >= 4 is 12.6 Å². The third-order valence-electron chi connectivity index (χ3n) is 1.95. The van der Waals surface area contributed by atoms with Crippen molar-refractivity contribution in [1.29, 1.82) is 0 Å². The van der Waals surface area contributed by atoms with Gasteiger partial charge in [0.05, 0.1) is 0 Å². The zero-order chi connectivity index (χ0) is 13.7. The predicted octanol–water partition coefficient (Wildman–Crippen LogP) is 5.30. The molecule has 0 saturated carbocycles. The first-order valence-corrected chi connectivity index (χ1v) is 6.28. The van der Waals surface area contributed by atoms with Gasteiger partial charge in [-0.3, -0.25) is 0 Å². The quantitative estimate of drug-likeness (QED) is 0.459. The molecule has 0 aliphatic rings. The van der Waals surface area contributed by atoms with Crippen LogP contribution in [0.25, 0.3) is 0 Å². The van der Waals surface area contributed by atoms with Gasteiger partial charge in [-0.2, -0.15) is 12.6 Å². The highest BCUT2D eigenvalue weighted by atomic mass is 32.1. The van der Waals surface area contributed by atoms with Gasteiger partial charge in [-0.25, -0.2) is 0 Å². The summed E-state index contributed by atoms with van der Waals surface area (Å²) >= 11 is 4.52. The van der Waals surface area contributed by atoms with Crippen LogP contribution < -0.4 is 0 Å². The number of rotatable bonds is 7. The zero-order valence-corrected chi connectivity index (χ0v) is 11.9. The second kappa shape index (κ2) is 12.9. The Bertz CT molecular complexity index is 305. The molecule has 17 heavy (non-hydrogen) atoms. The highest BCUT2D eigenvalue weighted by Gasteiger charge is 2.07. The molecule has 0 aliphatic heterocycles. The first kappa shape index (κ1) is 18.2. The molecule has 0 saturated heterocycles. The average molecular weight is 248 g/mol. The van der Waals surface area contributed by atoms with Crippen molar-refractivity contribution in [2.75, 3.05) is 0 Å². The Morgan fingerprint density at radius 1 is 1.00 bits per heavy atom. The zero-order valence-electron chi connectivity index (χ0n) is 11.0. The van der Waals surface area contributed by atoms with E-state index in [0.29, 0.717) is 0 Å². The second-order valence-corrected chi connectivity index (χ2v) is 3.63. The van der Waals surface area contributed by atoms with Crippen molar-refractivity contribution in [3.8, 4) is 0 Å². The molecule has 0 nitrogen and oxygen atoms in total. The average Bonchev–Trinajstić information content (AvgIpc) is 2.37. The molecule has 0 aromatic heterocycles. The van der Waals surface area contributed by atoms with E-state index in [2.05, 4.69) is 38.9 Å². The van der Waals surface area contributed by atoms with Crippen molar-refractivity contribution in [1.82, 2.24) is 0 Å². The fraction of sp³-hybridized carbons (Fsp3) is 0.250. The van der Waals surface area contributed by atoms with E-state index in [9.17, 15) is 0 Å². The molecule has 1 heteroatoms. The van der Waals surface area contributed by atoms with Crippen molar-refractivity contribution in [3.63, 3.8) is 0 Å². The van der Waals surface area contributed by atoms with Gasteiger partial charge in [-0.05, 0) is 17.6 Å². The van der Waals surface area contributed by atoms with Crippen molar-refractivity contribution in [3.05, 3.63) is 73.9 Å². The molecule has 0 heterocycles. The number of allylic oxidation sites excluding steroid dienone is 7. The highest BCUT2D eigenvalue weighted by Crippen LogP contribution is 2.20. The van der Waals surface area contributed by atoms with Crippen molar-refractivity contribution in [2.45, 2.75) is 25.5 Å². The molecule has 0 N–H and O–H groups in total. The molecule has 0 amide bonds. The van der Waals surface area contributed by atoms with Crippen LogP contribution in [0.15, 0.2) is 73.9 Å². The van der Waals surface area contributed by atoms with E-state index in [1.807, 2.05) is 32.1 Å². The lowest BCUT2D eigenvalue weighted by Gasteiger charge is -2.12. The molecule has 1 unspecified atom stereocenters. The molecular formula is C16H24S. The van der Waals surface area contributed by atoms with Crippen molar-refractivity contribution in [2.24, 2.45) is 0 Å². The van der Waals surface area contributed by atoms with Crippen LogP contribution in [0.3, 0.4) is 0 Å². The van der Waals surface area contributed by atoms with Gasteiger partial charge in [0.25, 0.3) is 0 Å². The van der Waals surface area contributed by atoms with Crippen LogP contribution in [-0.4, -0.2) is 5.25 Å². The van der Waals surface area contributed by atoms with Gasteiger partial charge in [0.15, 0.2) is 0 Å². The van der Waals surface area contributed by atoms with Gasteiger partial charge >= 0.3 is 0 Å². The Morgan fingerprint density at radius 2 is 1.53 bits per heavy atom. The minimum atomic E-state index is 0.115. The van der Waals surface area contributed by atoms with Gasteiger partial charge in [-0.15, -0.1) is 0 Å². The number of hydrogen-bond donors (Lipinski definition) is 1. The molecule has 0 fully saturated rings. The van der Waals surface area contributed by atoms with E-state index in [4.69, 9.17) is 0 Å². The van der Waals surface area contributed by atoms with Crippen LogP contribution in [0.2, 0.25) is 0 Å². The van der Waals surface area contributed by atoms with Crippen LogP contribution >= 0.6 is 12.6 Å². The Kier molecular flexibility index (Phi) is 13.7. The predicted molar refractivity (Wildman–Crippen MR) is 85.7 cm³/mol. The monoisotopic (exact) mass is 248 g/mol. The summed E-state index contributed by atoms with van der Waals surface area (Å²) in [6, 6.07) is 0. The lowest BCUT2D eigenvalue weighted by Crippen LogP contribution is -2.02. The van der Waals surface area contributed by atoms with Gasteiger partial charge in [0.2, 0.25) is 0 Å². The summed E-state index contributed by atoms with van der Waals surface area (Å²) in [4.78, 5) is 0. The SMILES string of the molecule is C=C/C=C(\C=C)CC(S)/C(C=C)=C/C=C.CC. The summed E-state index contributed by atoms with van der Waals surface area (Å²) in [5.41, 5.74) is 2.17. The van der Waals surface area contributed by atoms with E-state index >= 15 is 0 Å². The van der Waals surface area contributed by atoms with Crippen LogP contribution in [0.4, 0.5) is 0 Å². The molecule has 0 aromatic rings. The third-order valence-corrected chi connectivity index (χ3v) is 2.43. The smallest absolute Gasteiger partial charge is 0.0307 e. The molecule has 0 aromatic carbocycles. The standard InChI is InChI=1S/C14H18S.C2H6/c1-5-9-12(7-3)11-14(15)13(8-4)10-6-2;1-2/h5-10,14-15H,1-4,11H2;1-2H3/b12-9+,13-10+;. The normalized spacial score (nSPS) is 12.9. The van der Waals surface area contributed by atoms with Gasteiger partial charge in [-0.1, -0.05) is 76.6 Å². The van der Waals surface area contributed by atoms with E-state index in [0.717, 1.165) is 17.6 Å². The highest BCUT2D eigenvalue weighted by molar-refractivity contribution is 7.81. The minimum absolute atomic E-state index is 0.115. The summed E-state index contributed by atoms with van der Waals surface area (Å²) in [5, 5.41) is 0.115. The fourth-order valence-corrected chi connectivity index (χ4v) is 1.57. The Balaban J connectivity index is 0. The maximum absolute atomic E-state index is 4.52. The van der Waals surface area contributed by atoms with Crippen LogP contribution in [0.5, 0.6) is 0 Å². The number of hydrogen-bond acceptors (Lipinski definition) is 1. The summed E-state index contributed by atoms with van der Waals surface area (Å²) in [7, 11) is 0. The first-order chi connectivity index (χ1) is 8.19. The Labute approximate surface area is 112 Å². The molecule has 0 aliphatic carbocycles. The molecule has 94 valence electrons. The molecule has 0 bridgehead atoms. The van der Waals surface area contributed by atoms with Gasteiger partial charge < -0.3 is 0 Å². The lowest BCUT2D eigenvalue weighted by molar-refractivity contribution is 0.999. The molecule has 0 radical (unpaired) electrons. The molecule has 1 atom stereocenters. The van der Waals surface area contributed by atoms with Gasteiger partial charge in [0.1, 0.15) is 0 Å². The van der Waals surface area contributed by atoms with E-state index in [-0.39, 0.29) is 5.25 Å². The molecule has 0 spiro atoms. The maximum atomic E-state index is 4.52. The summed E-state index contributed by atoms with van der Waals surface area (Å²) < 4.78 is 0. The summed E-state index contributed by atoms with van der Waals surface area (Å²) in [6.07, 6.45) is 11.8. The lowest BCUT2D eigenvalue weighted by atomic mass is 10.0. The summed E-state index contributed by atoms with van der Waals surface area (Å²) in [6.45, 7) is 18.8. The van der Waals surface area contributed by atoms with Crippen LogP contribution in [0.1, 0.15) is 20.3 Å². The van der Waals surface area contributed by atoms with Crippen molar-refractivity contribution < 1.29 is 0 Å². The Morgan fingerprint density at radius 3 is 1.88 bits per heavy atom. The fourth-order valence-electron chi connectivity index (χ4n) is 1.16. The molecular weight excluding hydrogens is 224 g/mol. The topological polar surface area (TPSA) is 0 Å². The molecule has 0 rings (SSSR count). The third kappa shape index (κ3) is 8.58. The van der Waals surface area contributed by atoms with E-state index in [1.165, 1.54) is 0 Å². The summed E-state index contributed by atoms with van der Waals surface area (Å²) in [5.74, 6) is 0. The van der Waals surface area contributed by atoms with E-state index in [1.54, 1.807) is 18.2 Å². The maximum Gasteiger partial charge on any atom is 0.0307 e.